The van der Waals surface area contributed by atoms with Crippen molar-refractivity contribution in [3.05, 3.63) is 35.4 Å². The van der Waals surface area contributed by atoms with Gasteiger partial charge < -0.3 is 9.84 Å². The van der Waals surface area contributed by atoms with E-state index in [9.17, 15) is 9.90 Å². The highest BCUT2D eigenvalue weighted by molar-refractivity contribution is 5.75. The molecule has 2 aliphatic rings. The summed E-state index contributed by atoms with van der Waals surface area (Å²) in [7, 11) is 0. The van der Waals surface area contributed by atoms with Crippen LogP contribution in [-0.2, 0) is 9.53 Å². The molecule has 0 spiro atoms. The summed E-state index contributed by atoms with van der Waals surface area (Å²) in [6.07, 6.45) is 2.54. The maximum atomic E-state index is 11.5. The summed E-state index contributed by atoms with van der Waals surface area (Å²) in [5.74, 6) is -0.0678. The van der Waals surface area contributed by atoms with Crippen molar-refractivity contribution < 1.29 is 14.6 Å². The van der Waals surface area contributed by atoms with Crippen molar-refractivity contribution >= 4 is 5.97 Å². The Balaban J connectivity index is 1.79. The maximum absolute atomic E-state index is 11.5. The van der Waals surface area contributed by atoms with E-state index in [0.717, 1.165) is 5.56 Å². The van der Waals surface area contributed by atoms with Crippen molar-refractivity contribution in [3.63, 3.8) is 0 Å². The first kappa shape index (κ1) is 12.6. The molecule has 0 aromatic heterocycles. The van der Waals surface area contributed by atoms with E-state index < -0.39 is 12.0 Å². The average Bonchev–Trinajstić information content (AvgIpc) is 3.25. The number of hydrogen-bond donors (Lipinski definition) is 1. The SMILES string of the molecule is O=C(O)C(c1ccc(C2CC2)cc1)N1CCOCC1. The fourth-order valence-electron chi connectivity index (χ4n) is 2.71. The highest BCUT2D eigenvalue weighted by atomic mass is 16.5. The first-order chi connectivity index (χ1) is 9.25. The molecule has 1 aromatic rings. The lowest BCUT2D eigenvalue weighted by Gasteiger charge is -2.32. The third kappa shape index (κ3) is 2.80. The number of hydrogen-bond acceptors (Lipinski definition) is 3. The number of benzene rings is 1. The minimum atomic E-state index is -0.777. The number of carboxylic acid groups (broad SMARTS) is 1. The van der Waals surface area contributed by atoms with Crippen LogP contribution in [0.15, 0.2) is 24.3 Å². The van der Waals surface area contributed by atoms with E-state index in [1.54, 1.807) is 0 Å². The van der Waals surface area contributed by atoms with Crippen LogP contribution >= 0.6 is 0 Å². The van der Waals surface area contributed by atoms with Gasteiger partial charge in [-0.2, -0.15) is 0 Å². The fourth-order valence-corrected chi connectivity index (χ4v) is 2.71. The molecule has 102 valence electrons. The van der Waals surface area contributed by atoms with E-state index in [2.05, 4.69) is 12.1 Å². The molecule has 3 rings (SSSR count). The molecule has 1 N–H and O–H groups in total. The molecule has 19 heavy (non-hydrogen) atoms. The Morgan fingerprint density at radius 2 is 1.84 bits per heavy atom. The van der Waals surface area contributed by atoms with E-state index >= 15 is 0 Å². The Hall–Kier alpha value is -1.39. The van der Waals surface area contributed by atoms with Crippen LogP contribution in [0.3, 0.4) is 0 Å². The molecule has 0 bridgehead atoms. The normalized spacial score (nSPS) is 22.1. The highest BCUT2D eigenvalue weighted by Gasteiger charge is 2.29. The third-order valence-electron chi connectivity index (χ3n) is 3.95. The summed E-state index contributed by atoms with van der Waals surface area (Å²) in [5.41, 5.74) is 2.22. The Morgan fingerprint density at radius 3 is 2.37 bits per heavy atom. The van der Waals surface area contributed by atoms with Gasteiger partial charge in [0.1, 0.15) is 6.04 Å². The molecule has 1 unspecified atom stereocenters. The predicted molar refractivity (Wildman–Crippen MR) is 71.2 cm³/mol. The summed E-state index contributed by atoms with van der Waals surface area (Å²) in [5, 5.41) is 9.49. The van der Waals surface area contributed by atoms with Crippen LogP contribution in [0.5, 0.6) is 0 Å². The fraction of sp³-hybridized carbons (Fsp3) is 0.533. The van der Waals surface area contributed by atoms with Gasteiger partial charge in [0.25, 0.3) is 0 Å². The van der Waals surface area contributed by atoms with Crippen molar-refractivity contribution in [1.29, 1.82) is 0 Å². The molecule has 1 aliphatic carbocycles. The summed E-state index contributed by atoms with van der Waals surface area (Å²) in [4.78, 5) is 13.5. The highest BCUT2D eigenvalue weighted by Crippen LogP contribution is 2.40. The lowest BCUT2D eigenvalue weighted by atomic mass is 10.0. The van der Waals surface area contributed by atoms with Gasteiger partial charge in [0.2, 0.25) is 0 Å². The molecule has 2 fully saturated rings. The Kier molecular flexibility index (Phi) is 3.53. The topological polar surface area (TPSA) is 49.8 Å². The van der Waals surface area contributed by atoms with E-state index in [-0.39, 0.29) is 0 Å². The van der Waals surface area contributed by atoms with Gasteiger partial charge in [-0.25, -0.2) is 0 Å². The number of aliphatic carboxylic acids is 1. The van der Waals surface area contributed by atoms with E-state index in [1.165, 1.54) is 18.4 Å². The zero-order valence-corrected chi connectivity index (χ0v) is 10.9. The van der Waals surface area contributed by atoms with Crippen molar-refractivity contribution in [2.45, 2.75) is 24.8 Å². The van der Waals surface area contributed by atoms with Crippen molar-refractivity contribution in [2.75, 3.05) is 26.3 Å². The quantitative estimate of drug-likeness (QED) is 0.901. The lowest BCUT2D eigenvalue weighted by molar-refractivity contribution is -0.145. The van der Waals surface area contributed by atoms with Crippen LogP contribution in [0.1, 0.15) is 35.9 Å². The van der Waals surface area contributed by atoms with E-state index in [0.29, 0.717) is 32.2 Å². The van der Waals surface area contributed by atoms with Gasteiger partial charge in [0, 0.05) is 13.1 Å². The van der Waals surface area contributed by atoms with Crippen molar-refractivity contribution in [2.24, 2.45) is 0 Å². The Labute approximate surface area is 113 Å². The van der Waals surface area contributed by atoms with Crippen LogP contribution in [-0.4, -0.2) is 42.3 Å². The summed E-state index contributed by atoms with van der Waals surface area (Å²) in [6.45, 7) is 2.59. The Morgan fingerprint density at radius 1 is 1.21 bits per heavy atom. The smallest absolute Gasteiger partial charge is 0.325 e. The molecule has 1 aromatic carbocycles. The number of carboxylic acids is 1. The first-order valence-electron chi connectivity index (χ1n) is 6.90. The number of nitrogens with zero attached hydrogens (tertiary/aromatic N) is 1. The van der Waals surface area contributed by atoms with Gasteiger partial charge in [0.15, 0.2) is 0 Å². The van der Waals surface area contributed by atoms with E-state index in [1.807, 2.05) is 17.0 Å². The molecular weight excluding hydrogens is 242 g/mol. The van der Waals surface area contributed by atoms with E-state index in [4.69, 9.17) is 4.74 Å². The van der Waals surface area contributed by atoms with Gasteiger partial charge in [-0.3, -0.25) is 9.69 Å². The first-order valence-corrected chi connectivity index (χ1v) is 6.90. The third-order valence-corrected chi connectivity index (χ3v) is 3.95. The van der Waals surface area contributed by atoms with Crippen LogP contribution in [0.2, 0.25) is 0 Å². The minimum absolute atomic E-state index is 0.544. The van der Waals surface area contributed by atoms with Crippen molar-refractivity contribution in [3.8, 4) is 0 Å². The summed E-state index contributed by atoms with van der Waals surface area (Å²) >= 11 is 0. The number of morpholine rings is 1. The van der Waals surface area contributed by atoms with Crippen LogP contribution in [0.25, 0.3) is 0 Å². The van der Waals surface area contributed by atoms with Gasteiger partial charge in [0.05, 0.1) is 13.2 Å². The van der Waals surface area contributed by atoms with Gasteiger partial charge in [-0.05, 0) is 29.9 Å². The minimum Gasteiger partial charge on any atom is -0.480 e. The molecular formula is C15H19NO3. The zero-order chi connectivity index (χ0) is 13.2. The monoisotopic (exact) mass is 261 g/mol. The summed E-state index contributed by atoms with van der Waals surface area (Å²) < 4.78 is 5.29. The second-order valence-corrected chi connectivity index (χ2v) is 5.33. The predicted octanol–water partition coefficient (Wildman–Crippen LogP) is 2.02. The zero-order valence-electron chi connectivity index (χ0n) is 10.9. The molecule has 1 saturated carbocycles. The van der Waals surface area contributed by atoms with Crippen LogP contribution < -0.4 is 0 Å². The summed E-state index contributed by atoms with van der Waals surface area (Å²) in [6, 6.07) is 7.58. The van der Waals surface area contributed by atoms with Gasteiger partial charge >= 0.3 is 5.97 Å². The molecule has 4 nitrogen and oxygen atoms in total. The molecule has 4 heteroatoms. The average molecular weight is 261 g/mol. The lowest BCUT2D eigenvalue weighted by Crippen LogP contribution is -2.42. The molecule has 1 aliphatic heterocycles. The van der Waals surface area contributed by atoms with Gasteiger partial charge in [-0.1, -0.05) is 24.3 Å². The van der Waals surface area contributed by atoms with Crippen LogP contribution in [0.4, 0.5) is 0 Å². The Bertz CT molecular complexity index is 447. The van der Waals surface area contributed by atoms with Crippen molar-refractivity contribution in [1.82, 2.24) is 4.90 Å². The maximum Gasteiger partial charge on any atom is 0.325 e. The number of ether oxygens (including phenoxy) is 1. The number of carbonyl (C=O) groups is 1. The second-order valence-electron chi connectivity index (χ2n) is 5.33. The van der Waals surface area contributed by atoms with Gasteiger partial charge in [-0.15, -0.1) is 0 Å². The molecule has 0 amide bonds. The molecule has 0 radical (unpaired) electrons. The largest absolute Gasteiger partial charge is 0.480 e. The standard InChI is InChI=1S/C15H19NO3/c17-15(18)14(16-7-9-19-10-8-16)13-5-3-12(4-6-13)11-1-2-11/h3-6,11,14H,1-2,7-10H2,(H,17,18). The number of rotatable bonds is 4. The molecule has 1 atom stereocenters. The molecule has 1 heterocycles. The molecule has 1 saturated heterocycles. The van der Waals surface area contributed by atoms with Crippen LogP contribution in [0, 0.1) is 0 Å². The second kappa shape index (κ2) is 5.31.